The predicted octanol–water partition coefficient (Wildman–Crippen LogP) is 9.90. The highest BCUT2D eigenvalue weighted by atomic mass is 16.3. The van der Waals surface area contributed by atoms with E-state index in [1.807, 2.05) is 54.6 Å². The van der Waals surface area contributed by atoms with E-state index in [1.165, 1.54) is 5.57 Å². The molecule has 0 bridgehead atoms. The number of pyridine rings is 1. The fourth-order valence-electron chi connectivity index (χ4n) is 6.03. The summed E-state index contributed by atoms with van der Waals surface area (Å²) < 4.78 is 6.55. The summed E-state index contributed by atoms with van der Waals surface area (Å²) in [6.07, 6.45) is 7.52. The average Bonchev–Trinajstić information content (AvgIpc) is 3.45. The van der Waals surface area contributed by atoms with Crippen LogP contribution in [0.5, 0.6) is 0 Å². The number of para-hydroxylation sites is 2. The van der Waals surface area contributed by atoms with E-state index in [0.29, 0.717) is 11.7 Å². The molecule has 0 saturated heterocycles. The maximum absolute atomic E-state index is 6.55. The minimum absolute atomic E-state index is 0.367. The Morgan fingerprint density at radius 3 is 2.21 bits per heavy atom. The van der Waals surface area contributed by atoms with Crippen molar-refractivity contribution in [2.45, 2.75) is 13.3 Å². The Morgan fingerprint density at radius 2 is 1.40 bits per heavy atom. The Hall–Kier alpha value is -5.35. The van der Waals surface area contributed by atoms with Gasteiger partial charge in [0.1, 0.15) is 11.2 Å². The number of nitrogens with zero attached hydrogens (tertiary/aromatic N) is 3. The highest BCUT2D eigenvalue weighted by Crippen LogP contribution is 2.41. The first kappa shape index (κ1) is 24.4. The molecular weight excluding hydrogens is 514 g/mol. The molecule has 0 spiro atoms. The molecule has 42 heavy (non-hydrogen) atoms. The Kier molecular flexibility index (Phi) is 5.78. The summed E-state index contributed by atoms with van der Waals surface area (Å²) in [5, 5.41) is 3.03. The quantitative estimate of drug-likeness (QED) is 0.222. The predicted molar refractivity (Wildman–Crippen MR) is 172 cm³/mol. The van der Waals surface area contributed by atoms with E-state index in [2.05, 4.69) is 79.7 Å². The van der Waals surface area contributed by atoms with Gasteiger partial charge in [0.25, 0.3) is 0 Å². The van der Waals surface area contributed by atoms with Crippen molar-refractivity contribution in [1.82, 2.24) is 15.0 Å². The number of aromatic nitrogens is 3. The van der Waals surface area contributed by atoms with Crippen molar-refractivity contribution in [3.05, 3.63) is 133 Å². The van der Waals surface area contributed by atoms with Gasteiger partial charge in [-0.1, -0.05) is 110 Å². The molecule has 1 unspecified atom stereocenters. The first-order valence-electron chi connectivity index (χ1n) is 14.4. The molecule has 200 valence electrons. The average molecular weight is 542 g/mol. The minimum atomic E-state index is 0.367. The van der Waals surface area contributed by atoms with E-state index < -0.39 is 0 Å². The Labute approximate surface area is 243 Å². The summed E-state index contributed by atoms with van der Waals surface area (Å²) in [4.78, 5) is 15.7. The van der Waals surface area contributed by atoms with Crippen LogP contribution in [-0.4, -0.2) is 15.0 Å². The highest BCUT2D eigenvalue weighted by molar-refractivity contribution is 6.20. The number of hydrogen-bond acceptors (Lipinski definition) is 4. The van der Waals surface area contributed by atoms with Crippen LogP contribution in [0.1, 0.15) is 19.0 Å². The van der Waals surface area contributed by atoms with Gasteiger partial charge in [-0.3, -0.25) is 0 Å². The lowest BCUT2D eigenvalue weighted by molar-refractivity contribution is 0.672. The summed E-state index contributed by atoms with van der Waals surface area (Å²) >= 11 is 0. The van der Waals surface area contributed by atoms with Gasteiger partial charge in [0.05, 0.1) is 28.0 Å². The van der Waals surface area contributed by atoms with Crippen LogP contribution >= 0.6 is 0 Å². The molecule has 3 heterocycles. The Morgan fingerprint density at radius 1 is 0.690 bits per heavy atom. The molecule has 8 rings (SSSR count). The molecule has 0 aliphatic heterocycles. The lowest BCUT2D eigenvalue weighted by Crippen LogP contribution is -2.05. The summed E-state index contributed by atoms with van der Waals surface area (Å²) in [5.74, 6) is 1.02. The van der Waals surface area contributed by atoms with Crippen molar-refractivity contribution in [2.24, 2.45) is 5.92 Å². The fraction of sp³-hybridized carbons (Fsp3) is 0.0789. The lowest BCUT2D eigenvalue weighted by Gasteiger charge is -2.18. The van der Waals surface area contributed by atoms with E-state index in [1.54, 1.807) is 0 Å². The van der Waals surface area contributed by atoms with Gasteiger partial charge in [0.2, 0.25) is 0 Å². The van der Waals surface area contributed by atoms with Crippen LogP contribution in [0.2, 0.25) is 0 Å². The third kappa shape index (κ3) is 4.03. The lowest BCUT2D eigenvalue weighted by atomic mass is 9.90. The summed E-state index contributed by atoms with van der Waals surface area (Å²) in [6.45, 7) is 2.25. The zero-order valence-electron chi connectivity index (χ0n) is 23.2. The van der Waals surface area contributed by atoms with Crippen LogP contribution < -0.4 is 0 Å². The van der Waals surface area contributed by atoms with Crippen LogP contribution in [0.25, 0.3) is 72.3 Å². The maximum atomic E-state index is 6.55. The second-order valence-electron chi connectivity index (χ2n) is 10.8. The first-order valence-corrected chi connectivity index (χ1v) is 14.4. The molecule has 0 radical (unpaired) electrons. The smallest absolute Gasteiger partial charge is 0.162 e. The number of benzene rings is 4. The number of fused-ring (bicyclic) bond motifs is 5. The molecule has 0 amide bonds. The second kappa shape index (κ2) is 9.93. The molecule has 4 aromatic carbocycles. The third-order valence-corrected chi connectivity index (χ3v) is 8.15. The van der Waals surface area contributed by atoms with E-state index >= 15 is 0 Å². The van der Waals surface area contributed by atoms with E-state index in [4.69, 9.17) is 19.4 Å². The number of furan rings is 1. The minimum Gasteiger partial charge on any atom is -0.455 e. The molecule has 1 atom stereocenters. The first-order chi connectivity index (χ1) is 20.7. The standard InChI is InChI=1S/C38H27N3O/c1-24-13-8-9-18-27(24)32-23-31(25-14-4-2-5-15-25)39-38(40-32)30-21-12-20-29-36(30)41-35(26-16-6-3-7-17-26)34-28-19-10-11-22-33(28)42-37(29)34/h2-12,14-24H,13H2,1H3. The van der Waals surface area contributed by atoms with Gasteiger partial charge in [0, 0.05) is 27.5 Å². The molecule has 4 nitrogen and oxygen atoms in total. The van der Waals surface area contributed by atoms with Crippen molar-refractivity contribution in [2.75, 3.05) is 0 Å². The van der Waals surface area contributed by atoms with Gasteiger partial charge in [-0.15, -0.1) is 0 Å². The zero-order valence-corrected chi connectivity index (χ0v) is 23.2. The van der Waals surface area contributed by atoms with Crippen molar-refractivity contribution >= 4 is 38.4 Å². The number of hydrogen-bond donors (Lipinski definition) is 0. The van der Waals surface area contributed by atoms with Gasteiger partial charge in [-0.2, -0.15) is 0 Å². The summed E-state index contributed by atoms with van der Waals surface area (Å²) in [6, 6.07) is 37.2. The van der Waals surface area contributed by atoms with E-state index in [-0.39, 0.29) is 0 Å². The number of rotatable bonds is 4. The van der Waals surface area contributed by atoms with Gasteiger partial charge in [-0.05, 0) is 42.2 Å². The molecule has 4 heteroatoms. The highest BCUT2D eigenvalue weighted by Gasteiger charge is 2.22. The molecule has 0 fully saturated rings. The van der Waals surface area contributed by atoms with Crippen LogP contribution in [0.4, 0.5) is 0 Å². The fourth-order valence-corrected chi connectivity index (χ4v) is 6.03. The van der Waals surface area contributed by atoms with Crippen LogP contribution in [0, 0.1) is 5.92 Å². The van der Waals surface area contributed by atoms with Gasteiger partial charge >= 0.3 is 0 Å². The second-order valence-corrected chi connectivity index (χ2v) is 10.8. The van der Waals surface area contributed by atoms with Crippen molar-refractivity contribution < 1.29 is 4.42 Å². The van der Waals surface area contributed by atoms with Gasteiger partial charge < -0.3 is 4.42 Å². The van der Waals surface area contributed by atoms with E-state index in [9.17, 15) is 0 Å². The summed E-state index contributed by atoms with van der Waals surface area (Å²) in [5.41, 5.74) is 9.42. The van der Waals surface area contributed by atoms with Gasteiger partial charge in [0.15, 0.2) is 5.82 Å². The maximum Gasteiger partial charge on any atom is 0.162 e. The van der Waals surface area contributed by atoms with Crippen molar-refractivity contribution in [3.63, 3.8) is 0 Å². The Balaban J connectivity index is 1.45. The van der Waals surface area contributed by atoms with Gasteiger partial charge in [-0.25, -0.2) is 15.0 Å². The largest absolute Gasteiger partial charge is 0.455 e. The molecule has 0 saturated carbocycles. The van der Waals surface area contributed by atoms with E-state index in [0.717, 1.165) is 73.0 Å². The molecule has 0 N–H and O–H groups in total. The van der Waals surface area contributed by atoms with Crippen LogP contribution in [-0.2, 0) is 0 Å². The van der Waals surface area contributed by atoms with Crippen LogP contribution in [0.15, 0.2) is 132 Å². The molecule has 1 aliphatic rings. The zero-order chi connectivity index (χ0) is 28.0. The van der Waals surface area contributed by atoms with Crippen LogP contribution in [0.3, 0.4) is 0 Å². The van der Waals surface area contributed by atoms with Crippen molar-refractivity contribution in [3.8, 4) is 33.9 Å². The normalized spacial score (nSPS) is 15.0. The Bertz CT molecular complexity index is 2180. The topological polar surface area (TPSA) is 51.8 Å². The molecule has 1 aliphatic carbocycles. The molecule has 7 aromatic rings. The monoisotopic (exact) mass is 541 g/mol. The molecular formula is C38H27N3O. The summed E-state index contributed by atoms with van der Waals surface area (Å²) in [7, 11) is 0. The SMILES string of the molecule is CC1CC=CC=C1c1cc(-c2ccccc2)nc(-c2cccc3c2nc(-c2ccccc2)c2c4ccccc4oc32)n1. The van der Waals surface area contributed by atoms with Crippen molar-refractivity contribution in [1.29, 1.82) is 0 Å². The third-order valence-electron chi connectivity index (χ3n) is 8.15. The number of allylic oxidation sites excluding steroid dienone is 4. The molecule has 3 aromatic heterocycles.